The number of nitrogens with zero attached hydrogens (tertiary/aromatic N) is 5. The fourth-order valence-corrected chi connectivity index (χ4v) is 3.83. The number of aryl methyl sites for hydroxylation is 1. The number of carbonyl (C=O) groups excluding carboxylic acids is 1. The van der Waals surface area contributed by atoms with Crippen LogP contribution >= 0.6 is 0 Å². The van der Waals surface area contributed by atoms with E-state index in [1.807, 2.05) is 37.4 Å². The van der Waals surface area contributed by atoms with E-state index in [4.69, 9.17) is 10.7 Å². The lowest BCUT2D eigenvalue weighted by Crippen LogP contribution is -2.41. The number of carbonyl (C=O) groups is 1. The second-order valence-electron chi connectivity index (χ2n) is 8.67. The van der Waals surface area contributed by atoms with E-state index in [1.165, 1.54) is 0 Å². The van der Waals surface area contributed by atoms with Gasteiger partial charge in [-0.3, -0.25) is 9.98 Å². The predicted molar refractivity (Wildman–Crippen MR) is 150 cm³/mol. The summed E-state index contributed by atoms with van der Waals surface area (Å²) in [5, 5.41) is 10.2. The molecule has 0 spiro atoms. The number of nitrogens with one attached hydrogen (secondary N) is 2. The molecule has 0 bridgehead atoms. The third kappa shape index (κ3) is 7.86. The number of hydrogen-bond acceptors (Lipinski definition) is 6. The Hall–Kier alpha value is -4.27. The number of fused-ring (bicyclic) bond motifs is 1. The molecule has 0 aliphatic heterocycles. The Balaban J connectivity index is 1.65. The highest BCUT2D eigenvalue weighted by atomic mass is 16.2. The summed E-state index contributed by atoms with van der Waals surface area (Å²) >= 11 is 0. The van der Waals surface area contributed by atoms with Gasteiger partial charge in [-0.25, -0.2) is 9.78 Å². The van der Waals surface area contributed by atoms with Gasteiger partial charge in [0.2, 0.25) is 0 Å². The lowest BCUT2D eigenvalue weighted by molar-refractivity contribution is 0.238. The van der Waals surface area contributed by atoms with Crippen LogP contribution in [0.5, 0.6) is 0 Å². The topological polar surface area (TPSA) is 123 Å². The van der Waals surface area contributed by atoms with Gasteiger partial charge in [0, 0.05) is 59.7 Å². The van der Waals surface area contributed by atoms with Gasteiger partial charge in [-0.05, 0) is 50.3 Å². The quantitative estimate of drug-likeness (QED) is 0.228. The van der Waals surface area contributed by atoms with Crippen molar-refractivity contribution >= 4 is 29.4 Å². The van der Waals surface area contributed by atoms with Crippen molar-refractivity contribution in [1.82, 2.24) is 30.2 Å². The van der Waals surface area contributed by atoms with Gasteiger partial charge >= 0.3 is 6.03 Å². The van der Waals surface area contributed by atoms with Gasteiger partial charge in [-0.15, -0.1) is 0 Å². The van der Waals surface area contributed by atoms with Gasteiger partial charge in [0.05, 0.1) is 11.9 Å². The molecule has 0 radical (unpaired) electrons. The van der Waals surface area contributed by atoms with E-state index in [0.29, 0.717) is 24.4 Å². The highest BCUT2D eigenvalue weighted by molar-refractivity contribution is 5.77. The number of nitrogen functional groups attached to an aromatic ring is 1. The summed E-state index contributed by atoms with van der Waals surface area (Å²) in [4.78, 5) is 25.6. The van der Waals surface area contributed by atoms with Crippen molar-refractivity contribution in [3.63, 3.8) is 0 Å². The van der Waals surface area contributed by atoms with Gasteiger partial charge in [-0.1, -0.05) is 33.1 Å². The van der Waals surface area contributed by atoms with E-state index in [-0.39, 0.29) is 12.1 Å². The molecule has 0 aromatic carbocycles. The van der Waals surface area contributed by atoms with E-state index < -0.39 is 0 Å². The molecule has 0 saturated heterocycles. The standard InChI is InChI=1S/C28H36N8O/c1-5-9-25(21-12-15-30-16-13-21)31-17-14-22-19-32-36-26(29)18-24(34-27(22)36)11-8-10-23(7-3)35-28(37)33-20(4)6-2/h5,9,12-13,15-19,23H,1,4,6-8,10-11,14,29H2,2-3H3,(H2,33,35,37)/b25-9-,31-17?. The predicted octanol–water partition coefficient (Wildman–Crippen LogP) is 4.87. The maximum Gasteiger partial charge on any atom is 0.319 e. The number of allylic oxidation sites excluding steroid dienone is 3. The number of aromatic nitrogens is 4. The number of nitrogens with two attached hydrogens (primary N) is 1. The number of pyridine rings is 1. The largest absolute Gasteiger partial charge is 0.384 e. The van der Waals surface area contributed by atoms with Crippen molar-refractivity contribution in [2.24, 2.45) is 4.99 Å². The van der Waals surface area contributed by atoms with Crippen LogP contribution in [0.25, 0.3) is 11.3 Å². The zero-order chi connectivity index (χ0) is 26.6. The number of anilines is 1. The first-order chi connectivity index (χ1) is 17.9. The molecule has 1 unspecified atom stereocenters. The summed E-state index contributed by atoms with van der Waals surface area (Å²) in [7, 11) is 0. The summed E-state index contributed by atoms with van der Waals surface area (Å²) < 4.78 is 1.65. The molecule has 0 aliphatic carbocycles. The second kappa shape index (κ2) is 13.7. The van der Waals surface area contributed by atoms with Gasteiger partial charge in [0.1, 0.15) is 5.82 Å². The third-order valence-corrected chi connectivity index (χ3v) is 5.95. The lowest BCUT2D eigenvalue weighted by atomic mass is 10.1. The van der Waals surface area contributed by atoms with E-state index in [0.717, 1.165) is 53.8 Å². The number of rotatable bonds is 13. The van der Waals surface area contributed by atoms with Crippen molar-refractivity contribution in [2.45, 2.75) is 58.4 Å². The van der Waals surface area contributed by atoms with Crippen molar-refractivity contribution in [3.8, 4) is 0 Å². The molecule has 3 aromatic rings. The molecule has 0 saturated carbocycles. The zero-order valence-electron chi connectivity index (χ0n) is 21.7. The molecular formula is C28H36N8O. The van der Waals surface area contributed by atoms with Crippen molar-refractivity contribution in [3.05, 3.63) is 84.6 Å². The van der Waals surface area contributed by atoms with Crippen LogP contribution in [0.4, 0.5) is 10.6 Å². The zero-order valence-corrected chi connectivity index (χ0v) is 21.7. The smallest absolute Gasteiger partial charge is 0.319 e. The SMILES string of the molecule is C=C/C=C(\N=CCc1cnn2c(N)cc(CCCC(CC)NC(=O)NC(=C)CC)nc12)c1ccncc1. The van der Waals surface area contributed by atoms with E-state index >= 15 is 0 Å². The molecule has 9 nitrogen and oxygen atoms in total. The van der Waals surface area contributed by atoms with Gasteiger partial charge in [-0.2, -0.15) is 9.61 Å². The molecule has 37 heavy (non-hydrogen) atoms. The highest BCUT2D eigenvalue weighted by Crippen LogP contribution is 2.18. The minimum atomic E-state index is -0.205. The molecule has 4 N–H and O–H groups in total. The Morgan fingerprint density at radius 3 is 2.78 bits per heavy atom. The van der Waals surface area contributed by atoms with Crippen molar-refractivity contribution in [2.75, 3.05) is 5.73 Å². The molecule has 0 aliphatic rings. The molecule has 1 atom stereocenters. The van der Waals surface area contributed by atoms with Crippen LogP contribution in [0.1, 0.15) is 56.4 Å². The summed E-state index contributed by atoms with van der Waals surface area (Å²) in [6, 6.07) is 5.54. The van der Waals surface area contributed by atoms with Crippen LogP contribution in [0.15, 0.2) is 72.8 Å². The second-order valence-corrected chi connectivity index (χ2v) is 8.67. The molecule has 3 aromatic heterocycles. The van der Waals surface area contributed by atoms with Gasteiger partial charge < -0.3 is 16.4 Å². The molecule has 194 valence electrons. The Morgan fingerprint density at radius 1 is 1.30 bits per heavy atom. The number of hydrogen-bond donors (Lipinski definition) is 3. The maximum atomic E-state index is 12.1. The minimum Gasteiger partial charge on any atom is -0.384 e. The average Bonchev–Trinajstić information content (AvgIpc) is 3.31. The minimum absolute atomic E-state index is 0.0747. The monoisotopic (exact) mass is 500 g/mol. The Labute approximate surface area is 218 Å². The molecular weight excluding hydrogens is 464 g/mol. The summed E-state index contributed by atoms with van der Waals surface area (Å²) in [5.74, 6) is 0.537. The Bertz CT molecular complexity index is 1280. The van der Waals surface area contributed by atoms with Gasteiger partial charge in [0.15, 0.2) is 5.65 Å². The van der Waals surface area contributed by atoms with Crippen LogP contribution in [0.3, 0.4) is 0 Å². The average molecular weight is 501 g/mol. The maximum absolute atomic E-state index is 12.1. The van der Waals surface area contributed by atoms with Crippen LogP contribution < -0.4 is 16.4 Å². The summed E-state index contributed by atoms with van der Waals surface area (Å²) in [6.45, 7) is 11.6. The normalized spacial score (nSPS) is 12.5. The molecule has 3 heterocycles. The Kier molecular flexibility index (Phi) is 10.1. The third-order valence-electron chi connectivity index (χ3n) is 5.95. The summed E-state index contributed by atoms with van der Waals surface area (Å²) in [6.07, 6.45) is 15.2. The fourth-order valence-electron chi connectivity index (χ4n) is 3.83. The Morgan fingerprint density at radius 2 is 2.08 bits per heavy atom. The van der Waals surface area contributed by atoms with Crippen molar-refractivity contribution in [1.29, 1.82) is 0 Å². The highest BCUT2D eigenvalue weighted by Gasteiger charge is 2.13. The molecule has 9 heteroatoms. The first-order valence-corrected chi connectivity index (χ1v) is 12.6. The van der Waals surface area contributed by atoms with Crippen LogP contribution in [0, 0.1) is 0 Å². The number of urea groups is 1. The van der Waals surface area contributed by atoms with E-state index in [1.54, 1.807) is 29.2 Å². The molecule has 0 fully saturated rings. The van der Waals surface area contributed by atoms with E-state index in [9.17, 15) is 4.79 Å². The van der Waals surface area contributed by atoms with Crippen LogP contribution in [-0.4, -0.2) is 37.9 Å². The number of amides is 2. The van der Waals surface area contributed by atoms with E-state index in [2.05, 4.69) is 45.8 Å². The first-order valence-electron chi connectivity index (χ1n) is 12.6. The van der Waals surface area contributed by atoms with Crippen LogP contribution in [0.2, 0.25) is 0 Å². The van der Waals surface area contributed by atoms with Gasteiger partial charge in [0.25, 0.3) is 0 Å². The molecule has 3 rings (SSSR count). The first kappa shape index (κ1) is 27.3. The summed E-state index contributed by atoms with van der Waals surface area (Å²) in [5.41, 5.74) is 11.3. The molecule has 2 amide bonds. The fraction of sp³-hybridized carbons (Fsp3) is 0.321. The van der Waals surface area contributed by atoms with Crippen LogP contribution in [-0.2, 0) is 12.8 Å². The lowest BCUT2D eigenvalue weighted by Gasteiger charge is -2.18. The van der Waals surface area contributed by atoms with Crippen molar-refractivity contribution < 1.29 is 4.79 Å². The number of aliphatic imine (C=N–C) groups is 1.